The van der Waals surface area contributed by atoms with Gasteiger partial charge in [0.05, 0.1) is 7.11 Å². The van der Waals surface area contributed by atoms with Crippen LogP contribution in [0, 0.1) is 6.92 Å². The summed E-state index contributed by atoms with van der Waals surface area (Å²) in [5.41, 5.74) is 2.94. The first-order valence-electron chi connectivity index (χ1n) is 5.91. The fourth-order valence-corrected chi connectivity index (χ4v) is 2.90. The molecule has 0 aromatic heterocycles. The highest BCUT2D eigenvalue weighted by molar-refractivity contribution is 5.99. The lowest BCUT2D eigenvalue weighted by atomic mass is 9.84. The third-order valence-corrected chi connectivity index (χ3v) is 3.73. The van der Waals surface area contributed by atoms with E-state index in [1.807, 2.05) is 19.1 Å². The van der Waals surface area contributed by atoms with Gasteiger partial charge in [-0.3, -0.25) is 4.79 Å². The number of amides is 1. The Hall–Kier alpha value is -1.26. The Morgan fingerprint density at radius 3 is 2.83 bits per heavy atom. The van der Waals surface area contributed by atoms with Crippen LogP contribution in [0.4, 0.5) is 0 Å². The van der Waals surface area contributed by atoms with Gasteiger partial charge >= 0.3 is 0 Å². The van der Waals surface area contributed by atoms with Gasteiger partial charge in [0.25, 0.3) is 5.91 Å². The minimum atomic E-state index is 0. The number of rotatable bonds is 1. The number of methoxy groups -OCH3 is 1. The van der Waals surface area contributed by atoms with Crippen molar-refractivity contribution in [1.29, 1.82) is 0 Å². The van der Waals surface area contributed by atoms with E-state index in [1.54, 1.807) is 7.11 Å². The van der Waals surface area contributed by atoms with Crippen molar-refractivity contribution in [3.63, 3.8) is 0 Å². The number of benzene rings is 1. The first kappa shape index (κ1) is 13.2. The summed E-state index contributed by atoms with van der Waals surface area (Å²) in [5.74, 6) is 1.25. The molecule has 4 nitrogen and oxygen atoms in total. The molecule has 2 aliphatic heterocycles. The lowest BCUT2D eigenvalue weighted by Crippen LogP contribution is -2.44. The van der Waals surface area contributed by atoms with Crippen molar-refractivity contribution in [2.45, 2.75) is 18.9 Å². The SMILES string of the molecule is COc1cc(C)c2c(c1)[C@H]1CNC[C@@H]1NC2=O.Cl. The zero-order valence-corrected chi connectivity index (χ0v) is 11.3. The minimum Gasteiger partial charge on any atom is -0.497 e. The lowest BCUT2D eigenvalue weighted by Gasteiger charge is -2.29. The molecule has 1 amide bonds. The van der Waals surface area contributed by atoms with Gasteiger partial charge in [0.15, 0.2) is 0 Å². The second-order valence-electron chi connectivity index (χ2n) is 4.75. The third kappa shape index (κ3) is 1.85. The van der Waals surface area contributed by atoms with E-state index in [9.17, 15) is 4.79 Å². The van der Waals surface area contributed by atoms with Crippen LogP contribution in [0.15, 0.2) is 12.1 Å². The van der Waals surface area contributed by atoms with Crippen molar-refractivity contribution in [3.8, 4) is 5.75 Å². The van der Waals surface area contributed by atoms with Gasteiger partial charge in [-0.2, -0.15) is 0 Å². The molecular weight excluding hydrogens is 252 g/mol. The molecular formula is C13H17ClN2O2. The van der Waals surface area contributed by atoms with Crippen LogP contribution in [0.3, 0.4) is 0 Å². The molecule has 18 heavy (non-hydrogen) atoms. The number of carbonyl (C=O) groups is 1. The van der Waals surface area contributed by atoms with Crippen LogP contribution in [0.1, 0.15) is 27.4 Å². The molecule has 1 aromatic rings. The highest BCUT2D eigenvalue weighted by atomic mass is 35.5. The molecule has 1 fully saturated rings. The average molecular weight is 269 g/mol. The number of hydrogen-bond acceptors (Lipinski definition) is 3. The normalized spacial score (nSPS) is 24.7. The van der Waals surface area contributed by atoms with Crippen LogP contribution < -0.4 is 15.4 Å². The van der Waals surface area contributed by atoms with Crippen LogP contribution in [0.25, 0.3) is 0 Å². The Bertz CT molecular complexity index is 490. The van der Waals surface area contributed by atoms with Gasteiger partial charge in [-0.15, -0.1) is 12.4 Å². The summed E-state index contributed by atoms with van der Waals surface area (Å²) < 4.78 is 5.29. The van der Waals surface area contributed by atoms with Crippen molar-refractivity contribution < 1.29 is 9.53 Å². The highest BCUT2D eigenvalue weighted by Gasteiger charge is 2.37. The molecule has 0 unspecified atom stereocenters. The van der Waals surface area contributed by atoms with E-state index in [1.165, 1.54) is 0 Å². The van der Waals surface area contributed by atoms with Gasteiger partial charge in [0, 0.05) is 30.6 Å². The van der Waals surface area contributed by atoms with E-state index in [2.05, 4.69) is 10.6 Å². The van der Waals surface area contributed by atoms with E-state index in [4.69, 9.17) is 4.74 Å². The van der Waals surface area contributed by atoms with Crippen molar-refractivity contribution in [3.05, 3.63) is 28.8 Å². The standard InChI is InChI=1S/C13H16N2O2.ClH/c1-7-3-8(17-2)4-9-10-5-14-6-11(10)15-13(16)12(7)9;/h3-4,10-11,14H,5-6H2,1-2H3,(H,15,16);1H/t10-,11+;/m1./s1. The molecule has 2 heterocycles. The predicted octanol–water partition coefficient (Wildman–Crippen LogP) is 1.22. The van der Waals surface area contributed by atoms with Gasteiger partial charge in [-0.25, -0.2) is 0 Å². The summed E-state index contributed by atoms with van der Waals surface area (Å²) in [5, 5.41) is 6.40. The van der Waals surface area contributed by atoms with Crippen molar-refractivity contribution in [2.24, 2.45) is 0 Å². The van der Waals surface area contributed by atoms with Gasteiger partial charge in [-0.1, -0.05) is 0 Å². The molecule has 0 spiro atoms. The Morgan fingerprint density at radius 2 is 2.11 bits per heavy atom. The number of ether oxygens (including phenoxy) is 1. The third-order valence-electron chi connectivity index (χ3n) is 3.73. The molecule has 0 bridgehead atoms. The van der Waals surface area contributed by atoms with Gasteiger partial charge in [-0.05, 0) is 30.2 Å². The average Bonchev–Trinajstić information content (AvgIpc) is 2.76. The Morgan fingerprint density at radius 1 is 1.33 bits per heavy atom. The molecule has 2 N–H and O–H groups in total. The molecule has 1 saturated heterocycles. The molecule has 2 aliphatic rings. The quantitative estimate of drug-likeness (QED) is 0.805. The molecule has 2 atom stereocenters. The molecule has 0 aliphatic carbocycles. The number of halogens is 1. The van der Waals surface area contributed by atoms with Gasteiger partial charge in [0.1, 0.15) is 5.75 Å². The molecule has 98 valence electrons. The maximum atomic E-state index is 12.1. The second kappa shape index (κ2) is 4.78. The summed E-state index contributed by atoms with van der Waals surface area (Å²) in [6.45, 7) is 3.74. The van der Waals surface area contributed by atoms with Crippen LogP contribution in [-0.2, 0) is 0 Å². The monoisotopic (exact) mass is 268 g/mol. The van der Waals surface area contributed by atoms with E-state index in [0.29, 0.717) is 5.92 Å². The second-order valence-corrected chi connectivity index (χ2v) is 4.75. The molecule has 5 heteroatoms. The van der Waals surface area contributed by atoms with Crippen molar-refractivity contribution in [1.82, 2.24) is 10.6 Å². The van der Waals surface area contributed by atoms with E-state index < -0.39 is 0 Å². The molecule has 0 radical (unpaired) electrons. The van der Waals surface area contributed by atoms with Crippen molar-refractivity contribution in [2.75, 3.05) is 20.2 Å². The van der Waals surface area contributed by atoms with Crippen LogP contribution in [-0.4, -0.2) is 32.1 Å². The maximum Gasteiger partial charge on any atom is 0.252 e. The first-order valence-corrected chi connectivity index (χ1v) is 5.91. The first-order chi connectivity index (χ1) is 8.20. The highest BCUT2D eigenvalue weighted by Crippen LogP contribution is 2.34. The van der Waals surface area contributed by atoms with Crippen LogP contribution in [0.2, 0.25) is 0 Å². The number of carbonyl (C=O) groups excluding carboxylic acids is 1. The Balaban J connectivity index is 0.00000120. The fraction of sp³-hybridized carbons (Fsp3) is 0.462. The zero-order valence-electron chi connectivity index (χ0n) is 10.4. The minimum absolute atomic E-state index is 0. The number of hydrogen-bond donors (Lipinski definition) is 2. The number of nitrogens with one attached hydrogen (secondary N) is 2. The Labute approximate surface area is 113 Å². The molecule has 3 rings (SSSR count). The summed E-state index contributed by atoms with van der Waals surface area (Å²) >= 11 is 0. The van der Waals surface area contributed by atoms with E-state index in [0.717, 1.165) is 35.5 Å². The van der Waals surface area contributed by atoms with E-state index >= 15 is 0 Å². The van der Waals surface area contributed by atoms with Gasteiger partial charge < -0.3 is 15.4 Å². The summed E-state index contributed by atoms with van der Waals surface area (Å²) in [6.07, 6.45) is 0. The molecule has 0 saturated carbocycles. The topological polar surface area (TPSA) is 50.4 Å². The number of fused-ring (bicyclic) bond motifs is 3. The van der Waals surface area contributed by atoms with Crippen LogP contribution in [0.5, 0.6) is 5.75 Å². The summed E-state index contributed by atoms with van der Waals surface area (Å²) in [7, 11) is 1.66. The van der Waals surface area contributed by atoms with E-state index in [-0.39, 0.29) is 24.4 Å². The summed E-state index contributed by atoms with van der Waals surface area (Å²) in [6, 6.07) is 4.15. The fourth-order valence-electron chi connectivity index (χ4n) is 2.90. The largest absolute Gasteiger partial charge is 0.497 e. The zero-order chi connectivity index (χ0) is 12.0. The molecule has 1 aromatic carbocycles. The predicted molar refractivity (Wildman–Crippen MR) is 71.8 cm³/mol. The van der Waals surface area contributed by atoms with Crippen LogP contribution >= 0.6 is 12.4 Å². The Kier molecular flexibility index (Phi) is 3.50. The van der Waals surface area contributed by atoms with Crippen molar-refractivity contribution >= 4 is 18.3 Å². The van der Waals surface area contributed by atoms with Gasteiger partial charge in [0.2, 0.25) is 0 Å². The summed E-state index contributed by atoms with van der Waals surface area (Å²) in [4.78, 5) is 12.1. The smallest absolute Gasteiger partial charge is 0.252 e. The lowest BCUT2D eigenvalue weighted by molar-refractivity contribution is 0.0923. The maximum absolute atomic E-state index is 12.1. The number of aryl methyl sites for hydroxylation is 1.